The number of rotatable bonds is 5. The number of H-pyrrole nitrogens is 1. The molecule has 0 unspecified atom stereocenters. The number of nitrogens with one attached hydrogen (secondary N) is 1. The van der Waals surface area contributed by atoms with Crippen LogP contribution in [0.25, 0.3) is 34.0 Å². The number of benzene rings is 2. The molecule has 2 heterocycles. The first-order valence-electron chi connectivity index (χ1n) is 8.77. The van der Waals surface area contributed by atoms with Gasteiger partial charge in [-0.2, -0.15) is 5.26 Å². The van der Waals surface area contributed by atoms with Gasteiger partial charge in [-0.15, -0.1) is 0 Å². The van der Waals surface area contributed by atoms with E-state index in [0.717, 1.165) is 5.52 Å². The highest BCUT2D eigenvalue weighted by atomic mass is 35.5. The summed E-state index contributed by atoms with van der Waals surface area (Å²) in [7, 11) is 1.58. The second-order valence-corrected chi connectivity index (χ2v) is 6.75. The van der Waals surface area contributed by atoms with Gasteiger partial charge in [-0.05, 0) is 42.5 Å². The molecule has 0 aliphatic rings. The second-order valence-electron chi connectivity index (χ2n) is 6.34. The smallest absolute Gasteiger partial charge is 0.335 e. The van der Waals surface area contributed by atoms with Crippen LogP contribution in [0, 0.1) is 11.3 Å². The number of allylic oxidation sites excluding steroid dienone is 1. The quantitative estimate of drug-likeness (QED) is 0.427. The van der Waals surface area contributed by atoms with E-state index in [4.69, 9.17) is 20.8 Å². The van der Waals surface area contributed by atoms with E-state index in [1.807, 2.05) is 0 Å². The molecular formula is C22H14ClN3O4. The Morgan fingerprint density at radius 2 is 2.10 bits per heavy atom. The molecular weight excluding hydrogens is 406 g/mol. The maximum atomic E-state index is 11.2. The van der Waals surface area contributed by atoms with Gasteiger partial charge in [0.1, 0.15) is 29.2 Å². The Hall–Kier alpha value is -4.02. The number of carboxylic acid groups (broad SMARTS) is 1. The van der Waals surface area contributed by atoms with E-state index in [9.17, 15) is 15.2 Å². The molecule has 0 aliphatic heterocycles. The van der Waals surface area contributed by atoms with Crippen LogP contribution in [0.2, 0.25) is 5.02 Å². The minimum absolute atomic E-state index is 0.0957. The number of carbonyl (C=O) groups is 1. The van der Waals surface area contributed by atoms with Crippen LogP contribution in [0.3, 0.4) is 0 Å². The SMILES string of the molecule is COc1ccc2nc(/C(C#N)=C\c3ccc(-c4cc(C(=O)O)ccc4Cl)o3)[nH]c2c1. The van der Waals surface area contributed by atoms with Crippen LogP contribution in [0.15, 0.2) is 52.9 Å². The van der Waals surface area contributed by atoms with Crippen molar-refractivity contribution < 1.29 is 19.1 Å². The third-order valence-electron chi connectivity index (χ3n) is 4.46. The normalized spacial score (nSPS) is 11.4. The van der Waals surface area contributed by atoms with Crippen molar-refractivity contribution in [2.24, 2.45) is 0 Å². The third kappa shape index (κ3) is 3.64. The number of hydrogen-bond acceptors (Lipinski definition) is 5. The monoisotopic (exact) mass is 419 g/mol. The highest BCUT2D eigenvalue weighted by Gasteiger charge is 2.14. The number of ether oxygens (including phenoxy) is 1. The maximum Gasteiger partial charge on any atom is 0.335 e. The third-order valence-corrected chi connectivity index (χ3v) is 4.79. The number of methoxy groups -OCH3 is 1. The predicted molar refractivity (Wildman–Crippen MR) is 112 cm³/mol. The molecule has 0 aliphatic carbocycles. The summed E-state index contributed by atoms with van der Waals surface area (Å²) in [5, 5.41) is 19.1. The highest BCUT2D eigenvalue weighted by Crippen LogP contribution is 2.31. The Bertz CT molecular complexity index is 1340. The van der Waals surface area contributed by atoms with Crippen molar-refractivity contribution >= 4 is 40.3 Å². The van der Waals surface area contributed by atoms with Crippen LogP contribution in [-0.2, 0) is 0 Å². The molecule has 4 aromatic rings. The van der Waals surface area contributed by atoms with E-state index in [2.05, 4.69) is 16.0 Å². The van der Waals surface area contributed by atoms with Crippen molar-refractivity contribution in [1.29, 1.82) is 5.26 Å². The lowest BCUT2D eigenvalue weighted by Gasteiger charge is -2.02. The summed E-state index contributed by atoms with van der Waals surface area (Å²) < 4.78 is 11.0. The van der Waals surface area contributed by atoms with Crippen molar-refractivity contribution in [3.05, 3.63) is 70.7 Å². The summed E-state index contributed by atoms with van der Waals surface area (Å²) in [6.07, 6.45) is 1.55. The molecule has 2 aromatic carbocycles. The van der Waals surface area contributed by atoms with Gasteiger partial charge in [-0.3, -0.25) is 0 Å². The molecule has 0 atom stereocenters. The van der Waals surface area contributed by atoms with Gasteiger partial charge in [-0.1, -0.05) is 11.6 Å². The number of fused-ring (bicyclic) bond motifs is 1. The van der Waals surface area contributed by atoms with Gasteiger partial charge in [0.05, 0.1) is 34.3 Å². The van der Waals surface area contributed by atoms with E-state index < -0.39 is 5.97 Å². The van der Waals surface area contributed by atoms with E-state index in [0.29, 0.717) is 39.2 Å². The predicted octanol–water partition coefficient (Wildman–Crippen LogP) is 5.25. The first-order valence-corrected chi connectivity index (χ1v) is 9.15. The number of halogens is 1. The van der Waals surface area contributed by atoms with E-state index in [1.54, 1.807) is 43.5 Å². The number of nitriles is 1. The average Bonchev–Trinajstić information content (AvgIpc) is 3.38. The number of aromatic carboxylic acids is 1. The zero-order valence-corrected chi connectivity index (χ0v) is 16.4. The zero-order valence-electron chi connectivity index (χ0n) is 15.6. The second kappa shape index (κ2) is 7.78. The van der Waals surface area contributed by atoms with Gasteiger partial charge in [0.2, 0.25) is 0 Å². The molecule has 0 saturated carbocycles. The molecule has 7 nitrogen and oxygen atoms in total. The summed E-state index contributed by atoms with van der Waals surface area (Å²) in [6.45, 7) is 0. The van der Waals surface area contributed by atoms with Crippen LogP contribution >= 0.6 is 11.6 Å². The first kappa shape index (κ1) is 19.3. The average molecular weight is 420 g/mol. The van der Waals surface area contributed by atoms with Gasteiger partial charge in [0.15, 0.2) is 0 Å². The summed E-state index contributed by atoms with van der Waals surface area (Å²) in [5.74, 6) is 0.797. The lowest BCUT2D eigenvalue weighted by atomic mass is 10.1. The van der Waals surface area contributed by atoms with Crippen LogP contribution in [0.4, 0.5) is 0 Å². The van der Waals surface area contributed by atoms with Crippen molar-refractivity contribution in [2.45, 2.75) is 0 Å². The molecule has 0 fully saturated rings. The van der Waals surface area contributed by atoms with E-state index in [1.165, 1.54) is 18.2 Å². The summed E-state index contributed by atoms with van der Waals surface area (Å²) in [4.78, 5) is 18.8. The fourth-order valence-corrected chi connectivity index (χ4v) is 3.17. The van der Waals surface area contributed by atoms with Crippen LogP contribution < -0.4 is 4.74 Å². The number of carboxylic acids is 1. The summed E-state index contributed by atoms with van der Waals surface area (Å²) >= 11 is 6.20. The molecule has 4 rings (SSSR count). The fourth-order valence-electron chi connectivity index (χ4n) is 2.96. The standard InChI is InChI=1S/C22H14ClN3O4/c1-29-14-3-6-18-19(10-14)26-21(25-18)13(11-24)8-15-4-7-20(30-15)16-9-12(22(27)28)2-5-17(16)23/h2-10H,1H3,(H,25,26)(H,27,28)/b13-8-. The number of hydrogen-bond donors (Lipinski definition) is 2. The molecule has 0 amide bonds. The van der Waals surface area contributed by atoms with Crippen molar-refractivity contribution in [3.8, 4) is 23.1 Å². The Labute approximate surface area is 175 Å². The Balaban J connectivity index is 1.70. The largest absolute Gasteiger partial charge is 0.497 e. The molecule has 0 saturated heterocycles. The lowest BCUT2D eigenvalue weighted by molar-refractivity contribution is 0.0697. The molecule has 148 valence electrons. The summed E-state index contributed by atoms with van der Waals surface area (Å²) in [6, 6.07) is 15.2. The molecule has 30 heavy (non-hydrogen) atoms. The molecule has 0 spiro atoms. The zero-order chi connectivity index (χ0) is 21.3. The van der Waals surface area contributed by atoms with Crippen LogP contribution in [0.1, 0.15) is 21.9 Å². The molecule has 8 heteroatoms. The van der Waals surface area contributed by atoms with Crippen LogP contribution in [0.5, 0.6) is 5.75 Å². The minimum atomic E-state index is -1.06. The minimum Gasteiger partial charge on any atom is -0.497 e. The van der Waals surface area contributed by atoms with Crippen molar-refractivity contribution in [1.82, 2.24) is 9.97 Å². The highest BCUT2D eigenvalue weighted by molar-refractivity contribution is 6.33. The Morgan fingerprint density at radius 1 is 1.27 bits per heavy atom. The molecule has 2 N–H and O–H groups in total. The van der Waals surface area contributed by atoms with Gasteiger partial charge in [0, 0.05) is 17.7 Å². The van der Waals surface area contributed by atoms with Crippen LogP contribution in [-0.4, -0.2) is 28.2 Å². The van der Waals surface area contributed by atoms with Gasteiger partial charge < -0.3 is 19.2 Å². The first-order chi connectivity index (χ1) is 14.5. The van der Waals surface area contributed by atoms with E-state index >= 15 is 0 Å². The Morgan fingerprint density at radius 3 is 2.83 bits per heavy atom. The van der Waals surface area contributed by atoms with Crippen molar-refractivity contribution in [3.63, 3.8) is 0 Å². The number of aromatic nitrogens is 2. The topological polar surface area (TPSA) is 112 Å². The van der Waals surface area contributed by atoms with Gasteiger partial charge in [-0.25, -0.2) is 9.78 Å². The maximum absolute atomic E-state index is 11.2. The number of aromatic amines is 1. The van der Waals surface area contributed by atoms with Gasteiger partial charge >= 0.3 is 5.97 Å². The van der Waals surface area contributed by atoms with Crippen molar-refractivity contribution in [2.75, 3.05) is 7.11 Å². The number of nitrogens with zero attached hydrogens (tertiary/aromatic N) is 2. The van der Waals surface area contributed by atoms with Gasteiger partial charge in [0.25, 0.3) is 0 Å². The molecule has 2 aromatic heterocycles. The molecule has 0 radical (unpaired) electrons. The summed E-state index contributed by atoms with van der Waals surface area (Å²) in [5.41, 5.74) is 2.26. The Kier molecular flexibility index (Phi) is 5.00. The van der Waals surface area contributed by atoms with E-state index in [-0.39, 0.29) is 11.1 Å². The fraction of sp³-hybridized carbons (Fsp3) is 0.0455. The number of furan rings is 1. The lowest BCUT2D eigenvalue weighted by Crippen LogP contribution is -1.96. The number of imidazole rings is 1. The molecule has 0 bridgehead atoms.